The van der Waals surface area contributed by atoms with Gasteiger partial charge in [0.2, 0.25) is 5.91 Å². The van der Waals surface area contributed by atoms with E-state index in [4.69, 9.17) is 10.5 Å². The lowest BCUT2D eigenvalue weighted by atomic mass is 9.87. The van der Waals surface area contributed by atoms with E-state index in [2.05, 4.69) is 6.92 Å². The average Bonchev–Trinajstić information content (AvgIpc) is 3.07. The zero-order chi connectivity index (χ0) is 11.8. The van der Waals surface area contributed by atoms with Gasteiger partial charge >= 0.3 is 0 Å². The predicted octanol–water partition coefficient (Wildman–Crippen LogP) is 0.753. The van der Waals surface area contributed by atoms with Crippen LogP contribution in [0, 0.1) is 5.41 Å². The summed E-state index contributed by atoms with van der Waals surface area (Å²) in [5, 5.41) is 0. The predicted molar refractivity (Wildman–Crippen MR) is 61.9 cm³/mol. The second-order valence-corrected chi connectivity index (χ2v) is 5.47. The highest BCUT2D eigenvalue weighted by Gasteiger charge is 2.50. The lowest BCUT2D eigenvalue weighted by molar-refractivity contribution is -0.144. The lowest BCUT2D eigenvalue weighted by Gasteiger charge is -2.44. The van der Waals surface area contributed by atoms with Crippen LogP contribution in [0.2, 0.25) is 0 Å². The van der Waals surface area contributed by atoms with Gasteiger partial charge in [0.1, 0.15) is 0 Å². The standard InChI is InChI=1S/C12H22N2O2/c1-11(3-4-11)10(15)14(2)12(9-13)5-7-16-8-6-12/h3-9,13H2,1-2H3. The molecule has 0 atom stereocenters. The van der Waals surface area contributed by atoms with Gasteiger partial charge in [0.15, 0.2) is 0 Å². The smallest absolute Gasteiger partial charge is 0.228 e. The van der Waals surface area contributed by atoms with E-state index in [0.29, 0.717) is 19.8 Å². The molecule has 0 spiro atoms. The van der Waals surface area contributed by atoms with Crippen LogP contribution in [0.3, 0.4) is 0 Å². The zero-order valence-corrected chi connectivity index (χ0v) is 10.3. The first kappa shape index (κ1) is 11.9. The molecule has 2 N–H and O–H groups in total. The fraction of sp³-hybridized carbons (Fsp3) is 0.917. The maximum atomic E-state index is 12.3. The topological polar surface area (TPSA) is 55.6 Å². The van der Waals surface area contributed by atoms with Gasteiger partial charge in [-0.05, 0) is 25.7 Å². The van der Waals surface area contributed by atoms with E-state index in [-0.39, 0.29) is 16.9 Å². The first-order valence-electron chi connectivity index (χ1n) is 6.10. The van der Waals surface area contributed by atoms with Crippen LogP contribution in [-0.2, 0) is 9.53 Å². The number of nitrogens with zero attached hydrogens (tertiary/aromatic N) is 1. The third-order valence-electron chi connectivity index (χ3n) is 4.34. The summed E-state index contributed by atoms with van der Waals surface area (Å²) < 4.78 is 5.36. The van der Waals surface area contributed by atoms with Crippen molar-refractivity contribution in [2.45, 2.75) is 38.1 Å². The van der Waals surface area contributed by atoms with Crippen molar-refractivity contribution in [1.29, 1.82) is 0 Å². The van der Waals surface area contributed by atoms with Crippen LogP contribution >= 0.6 is 0 Å². The Morgan fingerprint density at radius 1 is 1.31 bits per heavy atom. The molecule has 1 heterocycles. The Balaban J connectivity index is 2.10. The highest BCUT2D eigenvalue weighted by molar-refractivity contribution is 5.85. The largest absolute Gasteiger partial charge is 0.381 e. The molecule has 1 saturated heterocycles. The molecule has 1 saturated carbocycles. The van der Waals surface area contributed by atoms with Crippen LogP contribution < -0.4 is 5.73 Å². The van der Waals surface area contributed by atoms with Crippen molar-refractivity contribution in [3.8, 4) is 0 Å². The van der Waals surface area contributed by atoms with Crippen LogP contribution in [-0.4, -0.2) is 43.2 Å². The van der Waals surface area contributed by atoms with E-state index >= 15 is 0 Å². The van der Waals surface area contributed by atoms with Crippen molar-refractivity contribution < 1.29 is 9.53 Å². The molecule has 2 aliphatic rings. The van der Waals surface area contributed by atoms with Crippen molar-refractivity contribution in [3.05, 3.63) is 0 Å². The first-order chi connectivity index (χ1) is 7.54. The molecule has 92 valence electrons. The van der Waals surface area contributed by atoms with Crippen molar-refractivity contribution in [1.82, 2.24) is 4.90 Å². The molecule has 4 heteroatoms. The highest BCUT2D eigenvalue weighted by atomic mass is 16.5. The summed E-state index contributed by atoms with van der Waals surface area (Å²) in [5.41, 5.74) is 5.62. The average molecular weight is 226 g/mol. The summed E-state index contributed by atoms with van der Waals surface area (Å²) in [4.78, 5) is 14.2. The van der Waals surface area contributed by atoms with Crippen LogP contribution in [0.15, 0.2) is 0 Å². The number of likely N-dealkylation sites (N-methyl/N-ethyl adjacent to an activating group) is 1. The molecule has 2 rings (SSSR count). The third-order valence-corrected chi connectivity index (χ3v) is 4.34. The fourth-order valence-corrected chi connectivity index (χ4v) is 2.45. The zero-order valence-electron chi connectivity index (χ0n) is 10.3. The Morgan fingerprint density at radius 2 is 1.88 bits per heavy atom. The second kappa shape index (κ2) is 4.00. The van der Waals surface area contributed by atoms with E-state index < -0.39 is 0 Å². The second-order valence-electron chi connectivity index (χ2n) is 5.47. The first-order valence-corrected chi connectivity index (χ1v) is 6.10. The molecular weight excluding hydrogens is 204 g/mol. The van der Waals surface area contributed by atoms with Gasteiger partial charge in [0.25, 0.3) is 0 Å². The molecule has 1 aliphatic carbocycles. The van der Waals surface area contributed by atoms with Crippen LogP contribution in [0.5, 0.6) is 0 Å². The van der Waals surface area contributed by atoms with Crippen molar-refractivity contribution in [2.75, 3.05) is 26.8 Å². The van der Waals surface area contributed by atoms with Crippen LogP contribution in [0.4, 0.5) is 0 Å². The summed E-state index contributed by atoms with van der Waals surface area (Å²) in [6, 6.07) is 0. The van der Waals surface area contributed by atoms with Gasteiger partial charge in [0, 0.05) is 32.2 Å². The monoisotopic (exact) mass is 226 g/mol. The van der Waals surface area contributed by atoms with E-state index in [0.717, 1.165) is 25.7 Å². The minimum absolute atomic E-state index is 0.102. The van der Waals surface area contributed by atoms with Gasteiger partial charge in [-0.2, -0.15) is 0 Å². The van der Waals surface area contributed by atoms with Crippen molar-refractivity contribution >= 4 is 5.91 Å². The maximum absolute atomic E-state index is 12.3. The summed E-state index contributed by atoms with van der Waals surface area (Å²) in [7, 11) is 1.91. The van der Waals surface area contributed by atoms with Gasteiger partial charge in [-0.15, -0.1) is 0 Å². The molecule has 1 aliphatic heterocycles. The SMILES string of the molecule is CN(C(=O)C1(C)CC1)C1(CN)CCOCC1. The van der Waals surface area contributed by atoms with Crippen LogP contribution in [0.1, 0.15) is 32.6 Å². The third kappa shape index (κ3) is 1.84. The summed E-state index contributed by atoms with van der Waals surface area (Å²) in [5.74, 6) is 0.264. The van der Waals surface area contributed by atoms with Gasteiger partial charge in [-0.25, -0.2) is 0 Å². The van der Waals surface area contributed by atoms with E-state index in [1.165, 1.54) is 0 Å². The van der Waals surface area contributed by atoms with E-state index in [9.17, 15) is 4.79 Å². The Morgan fingerprint density at radius 3 is 2.31 bits per heavy atom. The Hall–Kier alpha value is -0.610. The normalized spacial score (nSPS) is 26.2. The van der Waals surface area contributed by atoms with Crippen molar-refractivity contribution in [3.63, 3.8) is 0 Å². The number of rotatable bonds is 3. The summed E-state index contributed by atoms with van der Waals surface area (Å²) >= 11 is 0. The molecule has 0 radical (unpaired) electrons. The van der Waals surface area contributed by atoms with Gasteiger partial charge < -0.3 is 15.4 Å². The Kier molecular flexibility index (Phi) is 2.97. The molecule has 0 aromatic rings. The number of carbonyl (C=O) groups is 1. The molecule has 0 unspecified atom stereocenters. The number of nitrogens with two attached hydrogens (primary N) is 1. The summed E-state index contributed by atoms with van der Waals surface area (Å²) in [6.07, 6.45) is 3.77. The van der Waals surface area contributed by atoms with E-state index in [1.807, 2.05) is 11.9 Å². The van der Waals surface area contributed by atoms with Crippen molar-refractivity contribution in [2.24, 2.45) is 11.1 Å². The summed E-state index contributed by atoms with van der Waals surface area (Å²) in [6.45, 7) is 4.02. The minimum atomic E-state index is -0.166. The molecular formula is C12H22N2O2. The number of hydrogen-bond acceptors (Lipinski definition) is 3. The molecule has 4 nitrogen and oxygen atoms in total. The van der Waals surface area contributed by atoms with Gasteiger partial charge in [-0.3, -0.25) is 4.79 Å². The fourth-order valence-electron chi connectivity index (χ4n) is 2.45. The molecule has 1 amide bonds. The quantitative estimate of drug-likeness (QED) is 0.772. The molecule has 0 aromatic carbocycles. The molecule has 2 fully saturated rings. The molecule has 0 bridgehead atoms. The highest BCUT2D eigenvalue weighted by Crippen LogP contribution is 2.47. The van der Waals surface area contributed by atoms with E-state index in [1.54, 1.807) is 0 Å². The maximum Gasteiger partial charge on any atom is 0.228 e. The number of ether oxygens (including phenoxy) is 1. The number of carbonyl (C=O) groups excluding carboxylic acids is 1. The number of hydrogen-bond donors (Lipinski definition) is 1. The van der Waals surface area contributed by atoms with Gasteiger partial charge in [-0.1, -0.05) is 6.92 Å². The molecule has 16 heavy (non-hydrogen) atoms. The minimum Gasteiger partial charge on any atom is -0.381 e. The number of amides is 1. The Bertz CT molecular complexity index is 281. The van der Waals surface area contributed by atoms with Gasteiger partial charge in [0.05, 0.1) is 5.54 Å². The van der Waals surface area contributed by atoms with Crippen LogP contribution in [0.25, 0.3) is 0 Å². The molecule has 0 aromatic heterocycles. The Labute approximate surface area is 97.1 Å². The lowest BCUT2D eigenvalue weighted by Crippen LogP contribution is -2.58.